The minimum atomic E-state index is -1.23. The first kappa shape index (κ1) is 14.8. The number of carboxylic acid groups (broad SMARTS) is 1. The fourth-order valence-electron chi connectivity index (χ4n) is 2.70. The summed E-state index contributed by atoms with van der Waals surface area (Å²) in [7, 11) is 0. The number of hydrogen-bond acceptors (Lipinski definition) is 3. The third kappa shape index (κ3) is 3.48. The maximum absolute atomic E-state index is 13.6. The molecule has 1 aromatic carbocycles. The first-order chi connectivity index (χ1) is 9.61. The van der Waals surface area contributed by atoms with E-state index in [-0.39, 0.29) is 11.6 Å². The van der Waals surface area contributed by atoms with E-state index in [1.54, 1.807) is 6.07 Å². The lowest BCUT2D eigenvalue weighted by Gasteiger charge is -2.32. The van der Waals surface area contributed by atoms with Gasteiger partial charge in [-0.3, -0.25) is 0 Å². The Morgan fingerprint density at radius 2 is 2.15 bits per heavy atom. The number of benzene rings is 1. The summed E-state index contributed by atoms with van der Waals surface area (Å²) in [6.45, 7) is 5.27. The first-order valence-electron chi connectivity index (χ1n) is 7.12. The lowest BCUT2D eigenvalue weighted by atomic mass is 10.0. The Bertz CT molecular complexity index is 471. The molecule has 1 aliphatic rings. The molecule has 20 heavy (non-hydrogen) atoms. The van der Waals surface area contributed by atoms with Crippen LogP contribution in [0.25, 0.3) is 0 Å². The Kier molecular flexibility index (Phi) is 4.95. The van der Waals surface area contributed by atoms with Gasteiger partial charge in [-0.15, -0.1) is 0 Å². The van der Waals surface area contributed by atoms with Crippen LogP contribution in [0.3, 0.4) is 0 Å². The molecular weight excluding hydrogens is 259 g/mol. The Balaban J connectivity index is 2.01. The number of rotatable bonds is 5. The van der Waals surface area contributed by atoms with Crippen molar-refractivity contribution in [2.45, 2.75) is 32.2 Å². The summed E-state index contributed by atoms with van der Waals surface area (Å²) in [5, 5.41) is 12.3. The van der Waals surface area contributed by atoms with Gasteiger partial charge in [0, 0.05) is 19.1 Å². The maximum Gasteiger partial charge on any atom is 0.340 e. The van der Waals surface area contributed by atoms with Gasteiger partial charge in [0.15, 0.2) is 0 Å². The number of aromatic carboxylic acids is 1. The molecule has 0 spiro atoms. The molecular formula is C15H21FN2O2. The Morgan fingerprint density at radius 3 is 2.75 bits per heavy atom. The highest BCUT2D eigenvalue weighted by Gasteiger charge is 2.21. The summed E-state index contributed by atoms with van der Waals surface area (Å²) in [6, 6.07) is 4.56. The van der Waals surface area contributed by atoms with Gasteiger partial charge in [0.05, 0.1) is 5.69 Å². The van der Waals surface area contributed by atoms with Crippen LogP contribution < -0.4 is 5.32 Å². The maximum atomic E-state index is 13.6. The number of carbonyl (C=O) groups is 1. The minimum absolute atomic E-state index is 0.211. The predicted molar refractivity (Wildman–Crippen MR) is 76.7 cm³/mol. The number of anilines is 1. The smallest absolute Gasteiger partial charge is 0.340 e. The molecule has 0 amide bonds. The molecule has 1 fully saturated rings. The van der Waals surface area contributed by atoms with E-state index in [1.807, 2.05) is 0 Å². The van der Waals surface area contributed by atoms with E-state index in [9.17, 15) is 9.18 Å². The van der Waals surface area contributed by atoms with Gasteiger partial charge >= 0.3 is 5.97 Å². The molecule has 0 aromatic heterocycles. The summed E-state index contributed by atoms with van der Waals surface area (Å²) in [6.07, 6.45) is 3.05. The number of piperidine rings is 1. The monoisotopic (exact) mass is 280 g/mol. The third-order valence-electron chi connectivity index (χ3n) is 3.71. The van der Waals surface area contributed by atoms with E-state index in [0.29, 0.717) is 5.69 Å². The topological polar surface area (TPSA) is 52.6 Å². The van der Waals surface area contributed by atoms with Crippen molar-refractivity contribution >= 4 is 11.7 Å². The average Bonchev–Trinajstić information content (AvgIpc) is 2.41. The van der Waals surface area contributed by atoms with E-state index in [1.165, 1.54) is 12.1 Å². The molecule has 2 N–H and O–H groups in total. The molecule has 4 nitrogen and oxygen atoms in total. The summed E-state index contributed by atoms with van der Waals surface area (Å²) in [5.41, 5.74) is 0.120. The molecule has 0 bridgehead atoms. The highest BCUT2D eigenvalue weighted by Crippen LogP contribution is 2.22. The first-order valence-corrected chi connectivity index (χ1v) is 7.12. The Hall–Kier alpha value is -1.62. The van der Waals surface area contributed by atoms with Gasteiger partial charge in [-0.1, -0.05) is 13.0 Å². The summed E-state index contributed by atoms with van der Waals surface area (Å²) >= 11 is 0. The molecule has 110 valence electrons. The molecule has 0 radical (unpaired) electrons. The fourth-order valence-corrected chi connectivity index (χ4v) is 2.70. The van der Waals surface area contributed by atoms with Crippen molar-refractivity contribution in [3.8, 4) is 0 Å². The van der Waals surface area contributed by atoms with Crippen molar-refractivity contribution in [3.63, 3.8) is 0 Å². The SMILES string of the molecule is CCCN1CCC(Nc2cccc(F)c2C(=O)O)CC1. The zero-order valence-electron chi connectivity index (χ0n) is 11.7. The minimum Gasteiger partial charge on any atom is -0.478 e. The predicted octanol–water partition coefficient (Wildman–Crippen LogP) is 2.81. The van der Waals surface area contributed by atoms with E-state index in [4.69, 9.17) is 5.11 Å². The van der Waals surface area contributed by atoms with Gasteiger partial charge in [0.2, 0.25) is 0 Å². The van der Waals surface area contributed by atoms with Crippen LogP contribution in [0, 0.1) is 5.82 Å². The number of nitrogens with one attached hydrogen (secondary N) is 1. The molecule has 2 rings (SSSR count). The number of nitrogens with zero attached hydrogens (tertiary/aromatic N) is 1. The molecule has 0 unspecified atom stereocenters. The lowest BCUT2D eigenvalue weighted by Crippen LogP contribution is -2.39. The summed E-state index contributed by atoms with van der Waals surface area (Å²) < 4.78 is 13.6. The second-order valence-electron chi connectivity index (χ2n) is 5.23. The van der Waals surface area contributed by atoms with Crippen LogP contribution in [0.4, 0.5) is 10.1 Å². The van der Waals surface area contributed by atoms with Crippen molar-refractivity contribution in [2.24, 2.45) is 0 Å². The van der Waals surface area contributed by atoms with Crippen LogP contribution in [0.5, 0.6) is 0 Å². The van der Waals surface area contributed by atoms with E-state index in [0.717, 1.165) is 38.9 Å². The van der Waals surface area contributed by atoms with Crippen LogP contribution >= 0.6 is 0 Å². The van der Waals surface area contributed by atoms with Gasteiger partial charge in [0.25, 0.3) is 0 Å². The molecule has 0 saturated carbocycles. The Morgan fingerprint density at radius 1 is 1.45 bits per heavy atom. The van der Waals surface area contributed by atoms with Crippen molar-refractivity contribution in [1.29, 1.82) is 0 Å². The fraction of sp³-hybridized carbons (Fsp3) is 0.533. The second-order valence-corrected chi connectivity index (χ2v) is 5.23. The van der Waals surface area contributed by atoms with Gasteiger partial charge in [-0.05, 0) is 37.9 Å². The number of hydrogen-bond donors (Lipinski definition) is 2. The highest BCUT2D eigenvalue weighted by molar-refractivity contribution is 5.94. The van der Waals surface area contributed by atoms with Crippen molar-refractivity contribution < 1.29 is 14.3 Å². The zero-order valence-corrected chi connectivity index (χ0v) is 11.7. The van der Waals surface area contributed by atoms with Crippen LogP contribution in [-0.2, 0) is 0 Å². The molecule has 1 heterocycles. The van der Waals surface area contributed by atoms with Crippen LogP contribution in [-0.4, -0.2) is 41.7 Å². The molecule has 1 aliphatic heterocycles. The van der Waals surface area contributed by atoms with Crippen molar-refractivity contribution in [3.05, 3.63) is 29.6 Å². The number of likely N-dealkylation sites (tertiary alicyclic amines) is 1. The average molecular weight is 280 g/mol. The molecule has 1 aromatic rings. The Labute approximate surface area is 118 Å². The van der Waals surface area contributed by atoms with Crippen LogP contribution in [0.15, 0.2) is 18.2 Å². The molecule has 0 atom stereocenters. The molecule has 5 heteroatoms. The summed E-state index contributed by atoms with van der Waals surface area (Å²) in [5.74, 6) is -1.92. The quantitative estimate of drug-likeness (QED) is 0.871. The van der Waals surface area contributed by atoms with Gasteiger partial charge < -0.3 is 15.3 Å². The van der Waals surface area contributed by atoms with Crippen molar-refractivity contribution in [2.75, 3.05) is 25.0 Å². The van der Waals surface area contributed by atoms with Crippen LogP contribution in [0.1, 0.15) is 36.5 Å². The normalized spacial score (nSPS) is 17.1. The molecule has 1 saturated heterocycles. The third-order valence-corrected chi connectivity index (χ3v) is 3.71. The van der Waals surface area contributed by atoms with Gasteiger partial charge in [0.1, 0.15) is 11.4 Å². The van der Waals surface area contributed by atoms with Gasteiger partial charge in [-0.2, -0.15) is 0 Å². The molecule has 0 aliphatic carbocycles. The van der Waals surface area contributed by atoms with Gasteiger partial charge in [-0.25, -0.2) is 9.18 Å². The summed E-state index contributed by atoms with van der Waals surface area (Å²) in [4.78, 5) is 13.5. The standard InChI is InChI=1S/C15H21FN2O2/c1-2-8-18-9-6-11(7-10-18)17-13-5-3-4-12(16)14(13)15(19)20/h3-5,11,17H,2,6-10H2,1H3,(H,19,20). The highest BCUT2D eigenvalue weighted by atomic mass is 19.1. The van der Waals surface area contributed by atoms with E-state index >= 15 is 0 Å². The van der Waals surface area contributed by atoms with E-state index < -0.39 is 11.8 Å². The number of carboxylic acids is 1. The largest absolute Gasteiger partial charge is 0.478 e. The lowest BCUT2D eigenvalue weighted by molar-refractivity contribution is 0.0693. The number of halogens is 1. The van der Waals surface area contributed by atoms with E-state index in [2.05, 4.69) is 17.1 Å². The van der Waals surface area contributed by atoms with Crippen molar-refractivity contribution in [1.82, 2.24) is 4.90 Å². The second kappa shape index (κ2) is 6.70. The van der Waals surface area contributed by atoms with Crippen LogP contribution in [0.2, 0.25) is 0 Å². The zero-order chi connectivity index (χ0) is 14.5.